The fourth-order valence-electron chi connectivity index (χ4n) is 1.32. The minimum absolute atomic E-state index is 0.149. The van der Waals surface area contributed by atoms with Crippen LogP contribution in [0.15, 0.2) is 0 Å². The molecule has 2 N–H and O–H groups in total. The molecule has 3 heteroatoms. The predicted octanol–water partition coefficient (Wildman–Crippen LogP) is 0.772. The van der Waals surface area contributed by atoms with Crippen LogP contribution in [-0.4, -0.2) is 37.0 Å². The summed E-state index contributed by atoms with van der Waals surface area (Å²) in [6.45, 7) is 6.27. The first-order valence-corrected chi connectivity index (χ1v) is 5.23. The van der Waals surface area contributed by atoms with E-state index < -0.39 is 0 Å². The molecule has 1 aliphatic rings. The number of hydrogen-bond donors (Lipinski definition) is 2. The molecule has 0 aromatic rings. The molecule has 0 heterocycles. The van der Waals surface area contributed by atoms with Gasteiger partial charge >= 0.3 is 0 Å². The summed E-state index contributed by atoms with van der Waals surface area (Å²) < 4.78 is 5.26. The normalized spacial score (nSPS) is 21.5. The summed E-state index contributed by atoms with van der Waals surface area (Å²) in [6.07, 6.45) is 2.25. The first-order valence-electron chi connectivity index (χ1n) is 5.23. The molecule has 0 aromatic heterocycles. The Morgan fingerprint density at radius 2 is 2.23 bits per heavy atom. The topological polar surface area (TPSA) is 41.5 Å². The maximum atomic E-state index is 9.56. The Hall–Kier alpha value is -0.120. The highest BCUT2D eigenvalue weighted by molar-refractivity contribution is 4.82. The molecule has 78 valence electrons. The highest BCUT2D eigenvalue weighted by atomic mass is 16.5. The minimum Gasteiger partial charge on any atom is -0.392 e. The van der Waals surface area contributed by atoms with E-state index in [-0.39, 0.29) is 6.10 Å². The first-order chi connectivity index (χ1) is 6.24. The van der Waals surface area contributed by atoms with E-state index in [1.54, 1.807) is 0 Å². The summed E-state index contributed by atoms with van der Waals surface area (Å²) >= 11 is 0. The highest BCUT2D eigenvalue weighted by Crippen LogP contribution is 2.32. The average Bonchev–Trinajstić information content (AvgIpc) is 2.93. The summed E-state index contributed by atoms with van der Waals surface area (Å²) in [6, 6.07) is 0.341. The molecule has 2 unspecified atom stereocenters. The van der Waals surface area contributed by atoms with Gasteiger partial charge in [0.25, 0.3) is 0 Å². The zero-order valence-corrected chi connectivity index (χ0v) is 8.62. The monoisotopic (exact) mass is 187 g/mol. The van der Waals surface area contributed by atoms with Gasteiger partial charge in [-0.2, -0.15) is 0 Å². The van der Waals surface area contributed by atoms with Gasteiger partial charge in [0.05, 0.1) is 12.7 Å². The van der Waals surface area contributed by atoms with Crippen molar-refractivity contribution in [2.24, 2.45) is 5.92 Å². The quantitative estimate of drug-likeness (QED) is 0.618. The van der Waals surface area contributed by atoms with Gasteiger partial charge in [-0.3, -0.25) is 0 Å². The summed E-state index contributed by atoms with van der Waals surface area (Å²) in [5.74, 6) is 0.562. The average molecular weight is 187 g/mol. The molecule has 13 heavy (non-hydrogen) atoms. The second kappa shape index (κ2) is 5.58. The van der Waals surface area contributed by atoms with E-state index >= 15 is 0 Å². The van der Waals surface area contributed by atoms with Crippen LogP contribution in [0.3, 0.4) is 0 Å². The highest BCUT2D eigenvalue weighted by Gasteiger charge is 2.29. The Kier molecular flexibility index (Phi) is 4.70. The number of hydrogen-bond acceptors (Lipinski definition) is 3. The van der Waals surface area contributed by atoms with Crippen LogP contribution in [0.5, 0.6) is 0 Å². The molecule has 2 atom stereocenters. The number of ether oxygens (including phenoxy) is 1. The Morgan fingerprint density at radius 3 is 2.77 bits per heavy atom. The molecular formula is C10H21NO2. The van der Waals surface area contributed by atoms with Gasteiger partial charge in [0.1, 0.15) is 0 Å². The molecule has 1 saturated carbocycles. The number of aliphatic hydroxyl groups excluding tert-OH is 1. The number of aliphatic hydroxyl groups is 1. The third kappa shape index (κ3) is 4.60. The van der Waals surface area contributed by atoms with E-state index in [1.165, 1.54) is 12.8 Å². The van der Waals surface area contributed by atoms with Gasteiger partial charge in [-0.25, -0.2) is 0 Å². The fourth-order valence-corrected chi connectivity index (χ4v) is 1.32. The van der Waals surface area contributed by atoms with Crippen molar-refractivity contribution >= 4 is 0 Å². The second-order valence-corrected chi connectivity index (χ2v) is 3.87. The number of rotatable bonds is 7. The smallest absolute Gasteiger partial charge is 0.0692 e. The van der Waals surface area contributed by atoms with Crippen molar-refractivity contribution in [1.82, 2.24) is 5.32 Å². The Balaban J connectivity index is 1.96. The van der Waals surface area contributed by atoms with Gasteiger partial charge in [-0.15, -0.1) is 0 Å². The molecule has 1 fully saturated rings. The summed E-state index contributed by atoms with van der Waals surface area (Å²) in [5, 5.41) is 12.8. The summed E-state index contributed by atoms with van der Waals surface area (Å²) in [7, 11) is 0. The Morgan fingerprint density at radius 1 is 1.54 bits per heavy atom. The van der Waals surface area contributed by atoms with Crippen molar-refractivity contribution < 1.29 is 9.84 Å². The van der Waals surface area contributed by atoms with Crippen molar-refractivity contribution in [3.63, 3.8) is 0 Å². The van der Waals surface area contributed by atoms with Crippen LogP contribution >= 0.6 is 0 Å². The van der Waals surface area contributed by atoms with Crippen molar-refractivity contribution in [2.75, 3.05) is 19.8 Å². The SMILES string of the molecule is CCOCC(C)NCC(O)C1CC1. The third-order valence-corrected chi connectivity index (χ3v) is 2.41. The second-order valence-electron chi connectivity index (χ2n) is 3.87. The lowest BCUT2D eigenvalue weighted by Crippen LogP contribution is -2.37. The zero-order valence-electron chi connectivity index (χ0n) is 8.62. The van der Waals surface area contributed by atoms with Crippen molar-refractivity contribution in [2.45, 2.75) is 38.8 Å². The lowest BCUT2D eigenvalue weighted by molar-refractivity contribution is 0.110. The van der Waals surface area contributed by atoms with Crippen molar-refractivity contribution in [3.8, 4) is 0 Å². The van der Waals surface area contributed by atoms with Gasteiger partial charge in [-0.1, -0.05) is 0 Å². The molecule has 0 radical (unpaired) electrons. The first kappa shape index (κ1) is 11.0. The van der Waals surface area contributed by atoms with E-state index in [4.69, 9.17) is 4.74 Å². The molecule has 0 aliphatic heterocycles. The van der Waals surface area contributed by atoms with Gasteiger partial charge in [-0.05, 0) is 32.6 Å². The van der Waals surface area contributed by atoms with Crippen LogP contribution < -0.4 is 5.32 Å². The molecule has 1 rings (SSSR count). The van der Waals surface area contributed by atoms with Crippen molar-refractivity contribution in [1.29, 1.82) is 0 Å². The maximum absolute atomic E-state index is 9.56. The van der Waals surface area contributed by atoms with E-state index in [9.17, 15) is 5.11 Å². The zero-order chi connectivity index (χ0) is 9.68. The predicted molar refractivity (Wildman–Crippen MR) is 52.7 cm³/mol. The Labute approximate surface area is 80.5 Å². The number of nitrogens with one attached hydrogen (secondary N) is 1. The van der Waals surface area contributed by atoms with Crippen LogP contribution in [0, 0.1) is 5.92 Å². The standard InChI is InChI=1S/C10H21NO2/c1-3-13-7-8(2)11-6-10(12)9-4-5-9/h8-12H,3-7H2,1-2H3. The van der Waals surface area contributed by atoms with Crippen molar-refractivity contribution in [3.05, 3.63) is 0 Å². The lowest BCUT2D eigenvalue weighted by atomic mass is 10.2. The molecule has 0 bridgehead atoms. The van der Waals surface area contributed by atoms with Crippen LogP contribution in [-0.2, 0) is 4.74 Å². The molecule has 0 aromatic carbocycles. The van der Waals surface area contributed by atoms with Crippen LogP contribution in [0.2, 0.25) is 0 Å². The van der Waals surface area contributed by atoms with Gasteiger partial charge in [0.15, 0.2) is 0 Å². The molecule has 3 nitrogen and oxygen atoms in total. The molecular weight excluding hydrogens is 166 g/mol. The maximum Gasteiger partial charge on any atom is 0.0692 e. The Bertz CT molecular complexity index is 137. The van der Waals surface area contributed by atoms with Crippen LogP contribution in [0.25, 0.3) is 0 Å². The fraction of sp³-hybridized carbons (Fsp3) is 1.00. The summed E-state index contributed by atoms with van der Waals surface area (Å²) in [5.41, 5.74) is 0. The summed E-state index contributed by atoms with van der Waals surface area (Å²) in [4.78, 5) is 0. The van der Waals surface area contributed by atoms with E-state index in [0.29, 0.717) is 18.5 Å². The van der Waals surface area contributed by atoms with E-state index in [1.807, 2.05) is 6.92 Å². The van der Waals surface area contributed by atoms with E-state index in [0.717, 1.165) is 13.2 Å². The van der Waals surface area contributed by atoms with Crippen LogP contribution in [0.4, 0.5) is 0 Å². The molecule has 1 aliphatic carbocycles. The molecule has 0 spiro atoms. The molecule has 0 saturated heterocycles. The van der Waals surface area contributed by atoms with Gasteiger partial charge in [0.2, 0.25) is 0 Å². The third-order valence-electron chi connectivity index (χ3n) is 2.41. The van der Waals surface area contributed by atoms with Gasteiger partial charge < -0.3 is 15.2 Å². The van der Waals surface area contributed by atoms with E-state index in [2.05, 4.69) is 12.2 Å². The lowest BCUT2D eigenvalue weighted by Gasteiger charge is -2.16. The van der Waals surface area contributed by atoms with Crippen LogP contribution in [0.1, 0.15) is 26.7 Å². The van der Waals surface area contributed by atoms with Gasteiger partial charge in [0, 0.05) is 19.2 Å². The molecule has 0 amide bonds. The minimum atomic E-state index is -0.149. The largest absolute Gasteiger partial charge is 0.392 e.